The van der Waals surface area contributed by atoms with Gasteiger partial charge in [-0.25, -0.2) is 8.42 Å². The van der Waals surface area contributed by atoms with Crippen LogP contribution in [0, 0.1) is 11.8 Å². The van der Waals surface area contributed by atoms with E-state index in [0.717, 1.165) is 18.1 Å². The third kappa shape index (κ3) is 2.34. The Labute approximate surface area is 123 Å². The van der Waals surface area contributed by atoms with Crippen molar-refractivity contribution in [2.45, 2.75) is 25.2 Å². The van der Waals surface area contributed by atoms with Gasteiger partial charge < -0.3 is 0 Å². The average Bonchev–Trinajstić information content (AvgIpc) is 2.85. The number of fused-ring (bicyclic) bond motifs is 1. The molecule has 0 spiro atoms. The zero-order valence-corrected chi connectivity index (χ0v) is 13.1. The van der Waals surface area contributed by atoms with Crippen LogP contribution in [0.4, 0.5) is 0 Å². The smallest absolute Gasteiger partial charge is 0.207 e. The second-order valence-electron chi connectivity index (χ2n) is 5.66. The molecule has 0 amide bonds. The SMILES string of the molecule is C[C@H]1C[C@H](C)CN(S(=O)(=O)c2cccc3nsnc23)C1. The van der Waals surface area contributed by atoms with Crippen molar-refractivity contribution in [2.75, 3.05) is 13.1 Å². The molecule has 3 rings (SSSR count). The summed E-state index contributed by atoms with van der Waals surface area (Å²) in [7, 11) is -3.49. The predicted molar refractivity (Wildman–Crippen MR) is 79.1 cm³/mol. The lowest BCUT2D eigenvalue weighted by molar-refractivity contribution is 0.222. The summed E-state index contributed by atoms with van der Waals surface area (Å²) in [4.78, 5) is 0.282. The van der Waals surface area contributed by atoms with E-state index in [1.165, 1.54) is 0 Å². The van der Waals surface area contributed by atoms with E-state index in [1.807, 2.05) is 0 Å². The monoisotopic (exact) mass is 311 g/mol. The fraction of sp³-hybridized carbons (Fsp3) is 0.538. The summed E-state index contributed by atoms with van der Waals surface area (Å²) in [5, 5.41) is 0. The van der Waals surface area contributed by atoms with Crippen LogP contribution >= 0.6 is 11.7 Å². The van der Waals surface area contributed by atoms with Crippen molar-refractivity contribution in [1.82, 2.24) is 13.1 Å². The van der Waals surface area contributed by atoms with Crippen molar-refractivity contribution >= 4 is 32.8 Å². The maximum atomic E-state index is 12.9. The molecule has 2 atom stereocenters. The Hall–Kier alpha value is -1.05. The maximum Gasteiger partial charge on any atom is 0.245 e. The molecule has 20 heavy (non-hydrogen) atoms. The van der Waals surface area contributed by atoms with Crippen LogP contribution in [0.1, 0.15) is 20.3 Å². The Morgan fingerprint density at radius 2 is 1.90 bits per heavy atom. The van der Waals surface area contributed by atoms with Crippen LogP contribution in [0.3, 0.4) is 0 Å². The summed E-state index contributed by atoms with van der Waals surface area (Å²) in [5.41, 5.74) is 1.14. The van der Waals surface area contributed by atoms with E-state index in [-0.39, 0.29) is 4.90 Å². The lowest BCUT2D eigenvalue weighted by atomic mass is 9.94. The molecule has 1 fully saturated rings. The molecule has 0 aliphatic carbocycles. The molecule has 1 saturated heterocycles. The number of piperidine rings is 1. The Morgan fingerprint density at radius 3 is 2.60 bits per heavy atom. The number of aromatic nitrogens is 2. The Balaban J connectivity index is 2.05. The minimum absolute atomic E-state index is 0.282. The lowest BCUT2D eigenvalue weighted by Gasteiger charge is -2.34. The summed E-state index contributed by atoms with van der Waals surface area (Å²) >= 11 is 1.05. The summed E-state index contributed by atoms with van der Waals surface area (Å²) in [6.07, 6.45) is 1.08. The van der Waals surface area contributed by atoms with Crippen molar-refractivity contribution in [2.24, 2.45) is 11.8 Å². The number of hydrogen-bond donors (Lipinski definition) is 0. The van der Waals surface area contributed by atoms with E-state index in [4.69, 9.17) is 0 Å². The third-order valence-corrected chi connectivity index (χ3v) is 6.11. The minimum Gasteiger partial charge on any atom is -0.207 e. The van der Waals surface area contributed by atoms with Gasteiger partial charge in [0.15, 0.2) is 0 Å². The molecule has 0 radical (unpaired) electrons. The van der Waals surface area contributed by atoms with Crippen LogP contribution < -0.4 is 0 Å². The van der Waals surface area contributed by atoms with Crippen molar-refractivity contribution in [3.8, 4) is 0 Å². The predicted octanol–water partition coefficient (Wildman–Crippen LogP) is 2.36. The molecule has 1 aromatic heterocycles. The van der Waals surface area contributed by atoms with Gasteiger partial charge >= 0.3 is 0 Å². The molecule has 1 aromatic carbocycles. The topological polar surface area (TPSA) is 63.2 Å². The molecule has 1 aliphatic rings. The van der Waals surface area contributed by atoms with E-state index >= 15 is 0 Å². The van der Waals surface area contributed by atoms with E-state index in [2.05, 4.69) is 22.6 Å². The Kier molecular flexibility index (Phi) is 3.51. The number of hydrogen-bond acceptors (Lipinski definition) is 5. The Bertz CT molecular complexity index is 716. The zero-order valence-electron chi connectivity index (χ0n) is 11.5. The summed E-state index contributed by atoms with van der Waals surface area (Å²) in [6, 6.07) is 5.15. The van der Waals surface area contributed by atoms with Gasteiger partial charge in [-0.3, -0.25) is 0 Å². The Morgan fingerprint density at radius 1 is 1.20 bits per heavy atom. The van der Waals surface area contributed by atoms with Crippen molar-refractivity contribution < 1.29 is 8.42 Å². The molecule has 5 nitrogen and oxygen atoms in total. The molecule has 2 aromatic rings. The first-order valence-electron chi connectivity index (χ1n) is 6.70. The summed E-state index contributed by atoms with van der Waals surface area (Å²) < 4.78 is 35.6. The van der Waals surface area contributed by atoms with Crippen LogP contribution in [-0.4, -0.2) is 34.6 Å². The first-order valence-corrected chi connectivity index (χ1v) is 8.87. The van der Waals surface area contributed by atoms with Gasteiger partial charge in [0.2, 0.25) is 10.0 Å². The quantitative estimate of drug-likeness (QED) is 0.854. The van der Waals surface area contributed by atoms with Gasteiger partial charge in [0, 0.05) is 13.1 Å². The normalized spacial score (nSPS) is 25.1. The fourth-order valence-corrected chi connectivity index (χ4v) is 5.36. The molecule has 108 valence electrons. The van der Waals surface area contributed by atoms with Crippen molar-refractivity contribution in [1.29, 1.82) is 0 Å². The average molecular weight is 311 g/mol. The van der Waals surface area contributed by atoms with Crippen LogP contribution in [0.5, 0.6) is 0 Å². The van der Waals surface area contributed by atoms with Crippen LogP contribution in [0.2, 0.25) is 0 Å². The fourth-order valence-electron chi connectivity index (χ4n) is 2.93. The summed E-state index contributed by atoms with van der Waals surface area (Å²) in [6.45, 7) is 5.37. The highest BCUT2D eigenvalue weighted by Gasteiger charge is 2.33. The van der Waals surface area contributed by atoms with Crippen LogP contribution in [-0.2, 0) is 10.0 Å². The minimum atomic E-state index is -3.49. The van der Waals surface area contributed by atoms with Crippen molar-refractivity contribution in [3.63, 3.8) is 0 Å². The van der Waals surface area contributed by atoms with Gasteiger partial charge in [0.25, 0.3) is 0 Å². The lowest BCUT2D eigenvalue weighted by Crippen LogP contribution is -2.42. The van der Waals surface area contributed by atoms with Gasteiger partial charge in [-0.2, -0.15) is 13.1 Å². The number of rotatable bonds is 2. The van der Waals surface area contributed by atoms with E-state index < -0.39 is 10.0 Å². The van der Waals surface area contributed by atoms with Crippen molar-refractivity contribution in [3.05, 3.63) is 18.2 Å². The van der Waals surface area contributed by atoms with Gasteiger partial charge in [-0.15, -0.1) is 0 Å². The molecule has 0 bridgehead atoms. The number of benzene rings is 1. The number of sulfonamides is 1. The maximum absolute atomic E-state index is 12.9. The molecule has 2 heterocycles. The molecule has 7 heteroatoms. The van der Waals surface area contributed by atoms with Gasteiger partial charge in [-0.05, 0) is 30.4 Å². The first kappa shape index (κ1) is 13.9. The molecule has 1 aliphatic heterocycles. The zero-order chi connectivity index (χ0) is 14.3. The molecular formula is C13H17N3O2S2. The van der Waals surface area contributed by atoms with E-state index in [0.29, 0.717) is 36.0 Å². The second kappa shape index (κ2) is 5.05. The largest absolute Gasteiger partial charge is 0.245 e. The third-order valence-electron chi connectivity index (χ3n) is 3.70. The highest BCUT2D eigenvalue weighted by Crippen LogP contribution is 2.29. The molecular weight excluding hydrogens is 294 g/mol. The first-order chi connectivity index (χ1) is 9.48. The van der Waals surface area contributed by atoms with E-state index in [1.54, 1.807) is 22.5 Å². The van der Waals surface area contributed by atoms with Gasteiger partial charge in [0.05, 0.1) is 11.7 Å². The van der Waals surface area contributed by atoms with Gasteiger partial charge in [0.1, 0.15) is 15.9 Å². The molecule has 0 saturated carbocycles. The second-order valence-corrected chi connectivity index (χ2v) is 8.09. The van der Waals surface area contributed by atoms with E-state index in [9.17, 15) is 8.42 Å². The van der Waals surface area contributed by atoms with Crippen LogP contribution in [0.25, 0.3) is 11.0 Å². The highest BCUT2D eigenvalue weighted by atomic mass is 32.2. The summed E-state index contributed by atoms with van der Waals surface area (Å²) in [5.74, 6) is 0.780. The van der Waals surface area contributed by atoms with Crippen LogP contribution in [0.15, 0.2) is 23.1 Å². The molecule has 0 unspecified atom stereocenters. The van der Waals surface area contributed by atoms with Gasteiger partial charge in [-0.1, -0.05) is 19.9 Å². The number of nitrogens with zero attached hydrogens (tertiary/aromatic N) is 3. The standard InChI is InChI=1S/C13H17N3O2S2/c1-9-6-10(2)8-16(7-9)20(17,18)12-5-3-4-11-13(12)15-19-14-11/h3-5,9-10H,6-8H2,1-2H3/t9-,10-/m0/s1. The molecule has 0 N–H and O–H groups in total. The highest BCUT2D eigenvalue weighted by molar-refractivity contribution is 7.89.